The molecule has 0 fully saturated rings. The molecule has 0 spiro atoms. The smallest absolute Gasteiger partial charge is 0.259 e. The van der Waals surface area contributed by atoms with Gasteiger partial charge in [-0.05, 0) is 31.2 Å². The van der Waals surface area contributed by atoms with Gasteiger partial charge in [-0.25, -0.2) is 4.98 Å². The lowest BCUT2D eigenvalue weighted by molar-refractivity contribution is -0.114. The maximum atomic E-state index is 12.8. The molecule has 2 N–H and O–H groups in total. The average Bonchev–Trinajstić information content (AvgIpc) is 3.22. The van der Waals surface area contributed by atoms with Gasteiger partial charge in [0, 0.05) is 29.1 Å². The zero-order valence-corrected chi connectivity index (χ0v) is 17.9. The monoisotopic (exact) mass is 428 g/mol. The Bertz CT molecular complexity index is 1230. The standard InChI is InChI=1S/C24H20N4O2S/c1-15-20(12-13-21(25-15)17-6-4-3-5-7-17)23(30)28-24-27-22(14-31-24)18-8-10-19(11-9-18)26-16(2)29/h3-14H,1-2H3,(H,26,29)(H,27,28,30). The molecule has 4 aromatic rings. The van der Waals surface area contributed by atoms with Gasteiger partial charge in [0.05, 0.1) is 22.6 Å². The molecule has 31 heavy (non-hydrogen) atoms. The predicted molar refractivity (Wildman–Crippen MR) is 124 cm³/mol. The Hall–Kier alpha value is -3.84. The van der Waals surface area contributed by atoms with Crippen molar-refractivity contribution in [3.8, 4) is 22.5 Å². The Morgan fingerprint density at radius 2 is 1.52 bits per heavy atom. The fourth-order valence-electron chi connectivity index (χ4n) is 3.13. The Labute approximate surface area is 184 Å². The molecule has 0 atom stereocenters. The van der Waals surface area contributed by atoms with Crippen LogP contribution in [0.1, 0.15) is 23.0 Å². The molecule has 154 valence electrons. The summed E-state index contributed by atoms with van der Waals surface area (Å²) in [5.74, 6) is -0.362. The first kappa shape index (κ1) is 20.4. The molecular formula is C24H20N4O2S. The van der Waals surface area contributed by atoms with Crippen LogP contribution in [0.3, 0.4) is 0 Å². The van der Waals surface area contributed by atoms with E-state index in [0.717, 1.165) is 28.2 Å². The van der Waals surface area contributed by atoms with Gasteiger partial charge in [0.1, 0.15) is 0 Å². The van der Waals surface area contributed by atoms with Gasteiger partial charge in [-0.3, -0.25) is 19.9 Å². The van der Waals surface area contributed by atoms with Crippen molar-refractivity contribution in [1.29, 1.82) is 0 Å². The first-order valence-electron chi connectivity index (χ1n) is 9.67. The molecule has 0 unspecified atom stereocenters. The quantitative estimate of drug-likeness (QED) is 0.446. The van der Waals surface area contributed by atoms with Gasteiger partial charge in [0.15, 0.2) is 5.13 Å². The SMILES string of the molecule is CC(=O)Nc1ccc(-c2csc(NC(=O)c3ccc(-c4ccccc4)nc3C)n2)cc1. The number of benzene rings is 2. The summed E-state index contributed by atoms with van der Waals surface area (Å²) in [5.41, 5.74) is 5.38. The first-order valence-corrected chi connectivity index (χ1v) is 10.6. The minimum Gasteiger partial charge on any atom is -0.326 e. The molecule has 0 saturated heterocycles. The van der Waals surface area contributed by atoms with Crippen molar-refractivity contribution in [1.82, 2.24) is 9.97 Å². The van der Waals surface area contributed by atoms with Gasteiger partial charge >= 0.3 is 0 Å². The molecule has 0 radical (unpaired) electrons. The number of hydrogen-bond acceptors (Lipinski definition) is 5. The molecule has 2 aromatic heterocycles. The second kappa shape index (κ2) is 8.89. The number of anilines is 2. The van der Waals surface area contributed by atoms with Crippen molar-refractivity contribution >= 4 is 34.0 Å². The minimum absolute atomic E-state index is 0.118. The molecule has 6 nitrogen and oxygen atoms in total. The van der Waals surface area contributed by atoms with Gasteiger partial charge in [-0.15, -0.1) is 11.3 Å². The largest absolute Gasteiger partial charge is 0.326 e. The fraction of sp³-hybridized carbons (Fsp3) is 0.0833. The van der Waals surface area contributed by atoms with E-state index in [-0.39, 0.29) is 11.8 Å². The van der Waals surface area contributed by atoms with Crippen LogP contribution in [0.4, 0.5) is 10.8 Å². The van der Waals surface area contributed by atoms with Crippen LogP contribution in [0, 0.1) is 6.92 Å². The lowest BCUT2D eigenvalue weighted by Gasteiger charge is -2.07. The Morgan fingerprint density at radius 1 is 0.806 bits per heavy atom. The molecule has 0 aliphatic carbocycles. The number of nitrogens with zero attached hydrogens (tertiary/aromatic N) is 2. The highest BCUT2D eigenvalue weighted by Crippen LogP contribution is 2.27. The zero-order chi connectivity index (χ0) is 21.8. The minimum atomic E-state index is -0.244. The van der Waals surface area contributed by atoms with Crippen LogP contribution in [-0.2, 0) is 4.79 Å². The van der Waals surface area contributed by atoms with E-state index in [1.807, 2.05) is 73.0 Å². The number of aromatic nitrogens is 2. The first-order chi connectivity index (χ1) is 15.0. The molecule has 0 aliphatic heterocycles. The van der Waals surface area contributed by atoms with Crippen LogP contribution in [0.25, 0.3) is 22.5 Å². The lowest BCUT2D eigenvalue weighted by Crippen LogP contribution is -2.14. The van der Waals surface area contributed by atoms with Crippen molar-refractivity contribution in [3.05, 3.63) is 83.4 Å². The number of hydrogen-bond donors (Lipinski definition) is 2. The van der Waals surface area contributed by atoms with E-state index in [4.69, 9.17) is 0 Å². The van der Waals surface area contributed by atoms with Crippen LogP contribution >= 0.6 is 11.3 Å². The van der Waals surface area contributed by atoms with E-state index in [1.54, 1.807) is 6.07 Å². The van der Waals surface area contributed by atoms with Crippen molar-refractivity contribution in [2.45, 2.75) is 13.8 Å². The van der Waals surface area contributed by atoms with Gasteiger partial charge in [-0.1, -0.05) is 42.5 Å². The molecule has 7 heteroatoms. The van der Waals surface area contributed by atoms with Gasteiger partial charge in [-0.2, -0.15) is 0 Å². The summed E-state index contributed by atoms with van der Waals surface area (Å²) in [4.78, 5) is 33.0. The number of nitrogens with one attached hydrogen (secondary N) is 2. The van der Waals surface area contributed by atoms with Crippen LogP contribution in [0.2, 0.25) is 0 Å². The van der Waals surface area contributed by atoms with Crippen LogP contribution in [0.15, 0.2) is 72.1 Å². The number of amides is 2. The third-order valence-corrected chi connectivity index (χ3v) is 5.38. The van der Waals surface area contributed by atoms with Crippen molar-refractivity contribution < 1.29 is 9.59 Å². The topological polar surface area (TPSA) is 84.0 Å². The number of rotatable bonds is 5. The normalized spacial score (nSPS) is 10.5. The Balaban J connectivity index is 1.47. The summed E-state index contributed by atoms with van der Waals surface area (Å²) in [6, 6.07) is 20.9. The molecular weight excluding hydrogens is 408 g/mol. The number of pyridine rings is 1. The van der Waals surface area contributed by atoms with E-state index in [0.29, 0.717) is 16.4 Å². The summed E-state index contributed by atoms with van der Waals surface area (Å²) in [5, 5.41) is 7.98. The van der Waals surface area contributed by atoms with E-state index in [2.05, 4.69) is 20.6 Å². The summed E-state index contributed by atoms with van der Waals surface area (Å²) in [7, 11) is 0. The highest BCUT2D eigenvalue weighted by Gasteiger charge is 2.14. The average molecular weight is 429 g/mol. The van der Waals surface area contributed by atoms with E-state index in [1.165, 1.54) is 18.3 Å². The zero-order valence-electron chi connectivity index (χ0n) is 17.0. The molecule has 2 amide bonds. The Morgan fingerprint density at radius 3 is 2.19 bits per heavy atom. The van der Waals surface area contributed by atoms with Gasteiger partial charge < -0.3 is 5.32 Å². The van der Waals surface area contributed by atoms with E-state index < -0.39 is 0 Å². The van der Waals surface area contributed by atoms with Gasteiger partial charge in [0.25, 0.3) is 5.91 Å². The van der Waals surface area contributed by atoms with Crippen LogP contribution in [-0.4, -0.2) is 21.8 Å². The van der Waals surface area contributed by atoms with Gasteiger partial charge in [0.2, 0.25) is 5.91 Å². The number of aryl methyl sites for hydroxylation is 1. The maximum absolute atomic E-state index is 12.8. The summed E-state index contributed by atoms with van der Waals surface area (Å²) >= 11 is 1.35. The highest BCUT2D eigenvalue weighted by atomic mass is 32.1. The second-order valence-corrected chi connectivity index (χ2v) is 7.80. The molecule has 4 rings (SSSR count). The summed E-state index contributed by atoms with van der Waals surface area (Å²) in [6.45, 7) is 3.29. The van der Waals surface area contributed by atoms with E-state index in [9.17, 15) is 9.59 Å². The molecule has 2 aromatic carbocycles. The van der Waals surface area contributed by atoms with Crippen LogP contribution in [0.5, 0.6) is 0 Å². The molecule has 0 bridgehead atoms. The number of carbonyl (C=O) groups excluding carboxylic acids is 2. The molecule has 0 aliphatic rings. The second-order valence-electron chi connectivity index (χ2n) is 6.95. The Kier molecular flexibility index (Phi) is 5.86. The summed E-state index contributed by atoms with van der Waals surface area (Å²) < 4.78 is 0. The molecule has 0 saturated carbocycles. The lowest BCUT2D eigenvalue weighted by atomic mass is 10.1. The maximum Gasteiger partial charge on any atom is 0.259 e. The number of carbonyl (C=O) groups is 2. The number of thiazole rings is 1. The van der Waals surface area contributed by atoms with Crippen LogP contribution < -0.4 is 10.6 Å². The summed E-state index contributed by atoms with van der Waals surface area (Å²) in [6.07, 6.45) is 0. The predicted octanol–water partition coefficient (Wildman–Crippen LogP) is 5.39. The fourth-order valence-corrected chi connectivity index (χ4v) is 3.84. The van der Waals surface area contributed by atoms with Crippen molar-refractivity contribution in [3.63, 3.8) is 0 Å². The molecule has 2 heterocycles. The third kappa shape index (κ3) is 4.84. The van der Waals surface area contributed by atoms with E-state index >= 15 is 0 Å². The van der Waals surface area contributed by atoms with Crippen molar-refractivity contribution in [2.75, 3.05) is 10.6 Å². The highest BCUT2D eigenvalue weighted by molar-refractivity contribution is 7.14. The third-order valence-electron chi connectivity index (χ3n) is 4.63. The van der Waals surface area contributed by atoms with Crippen molar-refractivity contribution in [2.24, 2.45) is 0 Å².